The molecule has 18 heavy (non-hydrogen) atoms. The average molecular weight is 247 g/mol. The van der Waals surface area contributed by atoms with Crippen LogP contribution in [0.4, 0.5) is 0 Å². The van der Waals surface area contributed by atoms with Crippen LogP contribution in [0.1, 0.15) is 61.5 Å². The number of pyridine rings is 1. The molecular formula is C15H25N3. The van der Waals surface area contributed by atoms with Gasteiger partial charge in [-0.05, 0) is 37.8 Å². The van der Waals surface area contributed by atoms with E-state index in [1.54, 1.807) is 0 Å². The summed E-state index contributed by atoms with van der Waals surface area (Å²) in [5, 5.41) is 0. The van der Waals surface area contributed by atoms with Crippen LogP contribution in [0.2, 0.25) is 0 Å². The van der Waals surface area contributed by atoms with Gasteiger partial charge in [-0.1, -0.05) is 38.2 Å². The molecule has 1 aromatic heterocycles. The minimum absolute atomic E-state index is 0.251. The van der Waals surface area contributed by atoms with Crippen molar-refractivity contribution in [2.45, 2.75) is 58.4 Å². The lowest BCUT2D eigenvalue weighted by molar-refractivity contribution is 0.300. The largest absolute Gasteiger partial charge is 0.271 e. The van der Waals surface area contributed by atoms with Crippen molar-refractivity contribution in [1.82, 2.24) is 10.4 Å². The van der Waals surface area contributed by atoms with Crippen LogP contribution in [0.25, 0.3) is 0 Å². The zero-order valence-corrected chi connectivity index (χ0v) is 11.6. The van der Waals surface area contributed by atoms with E-state index in [0.717, 1.165) is 23.7 Å². The molecule has 0 amide bonds. The lowest BCUT2D eigenvalue weighted by Gasteiger charge is -2.27. The quantitative estimate of drug-likeness (QED) is 0.634. The van der Waals surface area contributed by atoms with Crippen LogP contribution in [0, 0.1) is 19.8 Å². The lowest BCUT2D eigenvalue weighted by Crippen LogP contribution is -2.31. The van der Waals surface area contributed by atoms with E-state index in [2.05, 4.69) is 29.5 Å². The van der Waals surface area contributed by atoms with Gasteiger partial charge in [0.05, 0.1) is 0 Å². The molecule has 1 fully saturated rings. The van der Waals surface area contributed by atoms with Crippen molar-refractivity contribution in [3.63, 3.8) is 0 Å². The highest BCUT2D eigenvalue weighted by atomic mass is 15.2. The highest BCUT2D eigenvalue weighted by Crippen LogP contribution is 2.32. The van der Waals surface area contributed by atoms with Crippen molar-refractivity contribution >= 4 is 0 Å². The number of hydrazine groups is 1. The number of nitrogens with two attached hydrogens (primary N) is 1. The Kier molecular flexibility index (Phi) is 4.72. The molecule has 3 nitrogen and oxygen atoms in total. The highest BCUT2D eigenvalue weighted by Gasteiger charge is 2.20. The fraction of sp³-hybridized carbons (Fsp3) is 0.667. The SMILES string of the molecule is Cc1ccc(C(CC2CCCCC2)NN)c(C)n1. The summed E-state index contributed by atoms with van der Waals surface area (Å²) in [5.41, 5.74) is 6.42. The summed E-state index contributed by atoms with van der Waals surface area (Å²) < 4.78 is 0. The molecule has 0 aliphatic heterocycles. The van der Waals surface area contributed by atoms with E-state index in [0.29, 0.717) is 0 Å². The normalized spacial score (nSPS) is 18.8. The van der Waals surface area contributed by atoms with Gasteiger partial charge < -0.3 is 0 Å². The third-order valence-corrected chi connectivity index (χ3v) is 4.14. The molecule has 1 unspecified atom stereocenters. The lowest BCUT2D eigenvalue weighted by atomic mass is 9.83. The second kappa shape index (κ2) is 6.30. The number of aromatic nitrogens is 1. The van der Waals surface area contributed by atoms with Crippen molar-refractivity contribution in [2.75, 3.05) is 0 Å². The summed E-state index contributed by atoms with van der Waals surface area (Å²) in [5.74, 6) is 6.57. The number of aryl methyl sites for hydroxylation is 2. The monoisotopic (exact) mass is 247 g/mol. The number of nitrogens with zero attached hydrogens (tertiary/aromatic N) is 1. The first kappa shape index (κ1) is 13.5. The predicted octanol–water partition coefficient (Wildman–Crippen LogP) is 3.17. The van der Waals surface area contributed by atoms with E-state index in [4.69, 9.17) is 5.84 Å². The van der Waals surface area contributed by atoms with Gasteiger partial charge in [0, 0.05) is 17.4 Å². The average Bonchev–Trinajstić information content (AvgIpc) is 2.38. The van der Waals surface area contributed by atoms with Crippen molar-refractivity contribution in [1.29, 1.82) is 0 Å². The minimum atomic E-state index is 0.251. The van der Waals surface area contributed by atoms with E-state index in [1.807, 2.05) is 6.92 Å². The van der Waals surface area contributed by atoms with E-state index < -0.39 is 0 Å². The van der Waals surface area contributed by atoms with Gasteiger partial charge in [0.15, 0.2) is 0 Å². The van der Waals surface area contributed by atoms with E-state index in [1.165, 1.54) is 37.7 Å². The van der Waals surface area contributed by atoms with E-state index in [-0.39, 0.29) is 6.04 Å². The summed E-state index contributed by atoms with van der Waals surface area (Å²) in [7, 11) is 0. The molecule has 1 aliphatic rings. The Morgan fingerprint density at radius 1 is 1.28 bits per heavy atom. The molecule has 1 aliphatic carbocycles. The summed E-state index contributed by atoms with van der Waals surface area (Å²) in [6.45, 7) is 4.11. The van der Waals surface area contributed by atoms with Gasteiger partial charge >= 0.3 is 0 Å². The molecule has 1 aromatic rings. The summed E-state index contributed by atoms with van der Waals surface area (Å²) in [4.78, 5) is 4.54. The summed E-state index contributed by atoms with van der Waals surface area (Å²) >= 11 is 0. The number of rotatable bonds is 4. The Bertz CT molecular complexity index is 383. The molecule has 0 radical (unpaired) electrons. The smallest absolute Gasteiger partial charge is 0.0480 e. The van der Waals surface area contributed by atoms with Crippen LogP contribution in [-0.4, -0.2) is 4.98 Å². The fourth-order valence-corrected chi connectivity index (χ4v) is 3.11. The third-order valence-electron chi connectivity index (χ3n) is 4.14. The van der Waals surface area contributed by atoms with Gasteiger partial charge in [0.1, 0.15) is 0 Å². The first-order valence-electron chi connectivity index (χ1n) is 7.11. The van der Waals surface area contributed by atoms with Gasteiger partial charge in [0.2, 0.25) is 0 Å². The fourth-order valence-electron chi connectivity index (χ4n) is 3.11. The standard InChI is InChI=1S/C15H25N3/c1-11-8-9-14(12(2)17-11)15(18-16)10-13-6-4-3-5-7-13/h8-9,13,15,18H,3-7,10,16H2,1-2H3. The molecular weight excluding hydrogens is 222 g/mol. The van der Waals surface area contributed by atoms with Gasteiger partial charge in [-0.25, -0.2) is 0 Å². The number of hydrogen-bond acceptors (Lipinski definition) is 3. The van der Waals surface area contributed by atoms with E-state index >= 15 is 0 Å². The zero-order chi connectivity index (χ0) is 13.0. The zero-order valence-electron chi connectivity index (χ0n) is 11.6. The van der Waals surface area contributed by atoms with Gasteiger partial charge in [-0.3, -0.25) is 16.3 Å². The van der Waals surface area contributed by atoms with E-state index in [9.17, 15) is 0 Å². The summed E-state index contributed by atoms with van der Waals surface area (Å²) in [6.07, 6.45) is 8.03. The van der Waals surface area contributed by atoms with Gasteiger partial charge in [-0.2, -0.15) is 0 Å². The maximum absolute atomic E-state index is 5.75. The molecule has 100 valence electrons. The topological polar surface area (TPSA) is 50.9 Å². The van der Waals surface area contributed by atoms with Crippen LogP contribution in [-0.2, 0) is 0 Å². The first-order chi connectivity index (χ1) is 8.70. The molecule has 1 saturated carbocycles. The second-order valence-electron chi connectivity index (χ2n) is 5.59. The Morgan fingerprint density at radius 2 is 2.00 bits per heavy atom. The predicted molar refractivity (Wildman–Crippen MR) is 75.0 cm³/mol. The Balaban J connectivity index is 2.07. The maximum Gasteiger partial charge on any atom is 0.0480 e. The minimum Gasteiger partial charge on any atom is -0.271 e. The first-order valence-corrected chi connectivity index (χ1v) is 7.11. The molecule has 0 aromatic carbocycles. The molecule has 1 heterocycles. The van der Waals surface area contributed by atoms with Gasteiger partial charge in [-0.15, -0.1) is 0 Å². The molecule has 3 N–H and O–H groups in total. The Labute approximate surface area is 110 Å². The molecule has 0 bridgehead atoms. The van der Waals surface area contributed by atoms with Crippen molar-refractivity contribution in [3.8, 4) is 0 Å². The Morgan fingerprint density at radius 3 is 2.61 bits per heavy atom. The maximum atomic E-state index is 5.75. The number of hydrogen-bond donors (Lipinski definition) is 2. The molecule has 2 rings (SSSR count). The van der Waals surface area contributed by atoms with Gasteiger partial charge in [0.25, 0.3) is 0 Å². The van der Waals surface area contributed by atoms with Crippen LogP contribution in [0.5, 0.6) is 0 Å². The van der Waals surface area contributed by atoms with Crippen LogP contribution in [0.3, 0.4) is 0 Å². The molecule has 3 heteroatoms. The van der Waals surface area contributed by atoms with Crippen molar-refractivity contribution in [3.05, 3.63) is 29.1 Å². The molecule has 0 saturated heterocycles. The van der Waals surface area contributed by atoms with Crippen LogP contribution < -0.4 is 11.3 Å². The molecule has 1 atom stereocenters. The molecule has 0 spiro atoms. The van der Waals surface area contributed by atoms with Crippen molar-refractivity contribution < 1.29 is 0 Å². The number of nitrogens with one attached hydrogen (secondary N) is 1. The summed E-state index contributed by atoms with van der Waals surface area (Å²) in [6, 6.07) is 4.50. The Hall–Kier alpha value is -0.930. The highest BCUT2D eigenvalue weighted by molar-refractivity contribution is 5.25. The third kappa shape index (κ3) is 3.30. The van der Waals surface area contributed by atoms with Crippen LogP contribution >= 0.6 is 0 Å². The second-order valence-corrected chi connectivity index (χ2v) is 5.59. The van der Waals surface area contributed by atoms with Crippen LogP contribution in [0.15, 0.2) is 12.1 Å². The van der Waals surface area contributed by atoms with Crippen molar-refractivity contribution in [2.24, 2.45) is 11.8 Å².